The van der Waals surface area contributed by atoms with E-state index in [2.05, 4.69) is 55.1 Å². The molecule has 0 heterocycles. The first-order valence-corrected chi connectivity index (χ1v) is 4.98. The van der Waals surface area contributed by atoms with Crippen LogP contribution >= 0.6 is 11.6 Å². The summed E-state index contributed by atoms with van der Waals surface area (Å²) in [6.45, 7) is 2.86. The summed E-state index contributed by atoms with van der Waals surface area (Å²) in [7, 11) is 0. The van der Waals surface area contributed by atoms with Crippen LogP contribution in [0.4, 0.5) is 0 Å². The number of hydrogen-bond donors (Lipinski definition) is 0. The van der Waals surface area contributed by atoms with Crippen molar-refractivity contribution in [2.75, 3.05) is 0 Å². The van der Waals surface area contributed by atoms with Gasteiger partial charge in [-0.3, -0.25) is 0 Å². The molecule has 0 unspecified atom stereocenters. The fourth-order valence-electron chi connectivity index (χ4n) is 1.13. The minimum Gasteiger partial charge on any atom is -0.544 e. The summed E-state index contributed by atoms with van der Waals surface area (Å²) >= 11 is 4.76. The van der Waals surface area contributed by atoms with Gasteiger partial charge in [-0.05, 0) is 10.8 Å². The highest BCUT2D eigenvalue weighted by atomic mass is 35.5. The highest BCUT2D eigenvalue weighted by Crippen LogP contribution is 2.11. The molecule has 0 radical (unpaired) electrons. The van der Waals surface area contributed by atoms with Crippen LogP contribution in [0.5, 0.6) is 0 Å². The van der Waals surface area contributed by atoms with Crippen LogP contribution in [-0.4, -0.2) is 5.97 Å². The molecule has 0 aliphatic heterocycles. The summed E-state index contributed by atoms with van der Waals surface area (Å²) in [6.07, 6.45) is 0. The lowest BCUT2D eigenvalue weighted by molar-refractivity contribution is -0.298. The van der Waals surface area contributed by atoms with Crippen LogP contribution in [0.1, 0.15) is 0 Å². The van der Waals surface area contributed by atoms with Gasteiger partial charge >= 0.3 is 0 Å². The molecule has 0 amide bonds. The van der Waals surface area contributed by atoms with Crippen LogP contribution in [0.2, 0.25) is 0 Å². The number of halogens is 1. The molecular formula is C13H10ClO2-. The number of carbonyl (C=O) groups is 1. The van der Waals surface area contributed by atoms with E-state index in [0.717, 1.165) is 0 Å². The molecule has 2 aromatic rings. The molecule has 16 heavy (non-hydrogen) atoms. The predicted octanol–water partition coefficient (Wildman–Crippen LogP) is 2.33. The Hall–Kier alpha value is -1.80. The number of carboxylic acid groups (broad SMARTS) is 1. The zero-order chi connectivity index (χ0) is 12.0. The third kappa shape index (κ3) is 3.75. The van der Waals surface area contributed by atoms with Gasteiger partial charge in [-0.25, -0.2) is 0 Å². The van der Waals surface area contributed by atoms with Crippen molar-refractivity contribution in [2.45, 2.75) is 0 Å². The topological polar surface area (TPSA) is 40.1 Å². The molecule has 0 aliphatic carbocycles. The van der Waals surface area contributed by atoms with Gasteiger partial charge in [-0.1, -0.05) is 66.7 Å². The molecular weight excluding hydrogens is 224 g/mol. The van der Waals surface area contributed by atoms with E-state index < -0.39 is 11.0 Å². The Labute approximate surface area is 98.8 Å². The maximum Gasteiger partial charge on any atom is 0.0823 e. The third-order valence-electron chi connectivity index (χ3n) is 1.88. The molecule has 0 atom stereocenters. The zero-order valence-corrected chi connectivity index (χ0v) is 9.28. The fraction of sp³-hybridized carbons (Fsp3) is 0. The van der Waals surface area contributed by atoms with E-state index >= 15 is 0 Å². The summed E-state index contributed by atoms with van der Waals surface area (Å²) in [5, 5.41) is 11.5. The molecule has 2 aromatic carbocycles. The number of fused-ring (bicyclic) bond motifs is 1. The van der Waals surface area contributed by atoms with E-state index in [4.69, 9.17) is 11.6 Å². The predicted molar refractivity (Wildman–Crippen MR) is 63.9 cm³/mol. The Balaban J connectivity index is 0.000000187. The zero-order valence-electron chi connectivity index (χ0n) is 8.52. The van der Waals surface area contributed by atoms with Crippen LogP contribution in [0.25, 0.3) is 10.8 Å². The molecule has 0 aromatic heterocycles. The molecule has 0 fully saturated rings. The average Bonchev–Trinajstić information content (AvgIpc) is 2.30. The molecule has 2 nitrogen and oxygen atoms in total. The van der Waals surface area contributed by atoms with Gasteiger partial charge in [0.1, 0.15) is 0 Å². The number of rotatable bonds is 1. The summed E-state index contributed by atoms with van der Waals surface area (Å²) in [5.41, 5.74) is 0. The summed E-state index contributed by atoms with van der Waals surface area (Å²) in [5.74, 6) is -1.42. The van der Waals surface area contributed by atoms with Gasteiger partial charge in [-0.2, -0.15) is 0 Å². The normalized spacial score (nSPS) is 9.06. The second-order valence-electron chi connectivity index (χ2n) is 3.04. The van der Waals surface area contributed by atoms with Crippen molar-refractivity contribution in [1.29, 1.82) is 0 Å². The Bertz CT molecular complexity index is 429. The van der Waals surface area contributed by atoms with E-state index in [9.17, 15) is 9.90 Å². The molecule has 82 valence electrons. The van der Waals surface area contributed by atoms with Crippen molar-refractivity contribution in [3.8, 4) is 0 Å². The number of carboxylic acids is 1. The van der Waals surface area contributed by atoms with E-state index in [0.29, 0.717) is 0 Å². The highest BCUT2D eigenvalue weighted by molar-refractivity contribution is 6.40. The quantitative estimate of drug-likeness (QED) is 0.710. The van der Waals surface area contributed by atoms with E-state index in [1.54, 1.807) is 0 Å². The molecule has 0 N–H and O–H groups in total. The van der Waals surface area contributed by atoms with Crippen molar-refractivity contribution in [2.24, 2.45) is 0 Å². The lowest BCUT2D eigenvalue weighted by Gasteiger charge is -1.92. The molecule has 0 saturated carbocycles. The van der Waals surface area contributed by atoms with Gasteiger partial charge in [-0.15, -0.1) is 0 Å². The number of hydrogen-bond acceptors (Lipinski definition) is 2. The van der Waals surface area contributed by atoms with Gasteiger partial charge < -0.3 is 9.90 Å². The first kappa shape index (κ1) is 12.3. The van der Waals surface area contributed by atoms with Crippen LogP contribution in [0.3, 0.4) is 0 Å². The lowest BCUT2D eigenvalue weighted by Crippen LogP contribution is -2.21. The van der Waals surface area contributed by atoms with Crippen molar-refractivity contribution in [1.82, 2.24) is 0 Å². The molecule has 0 saturated heterocycles. The van der Waals surface area contributed by atoms with E-state index in [1.165, 1.54) is 10.8 Å². The van der Waals surface area contributed by atoms with E-state index in [-0.39, 0.29) is 0 Å². The summed E-state index contributed by atoms with van der Waals surface area (Å²) in [6, 6.07) is 16.7. The Morgan fingerprint density at radius 3 is 1.44 bits per heavy atom. The maximum absolute atomic E-state index is 9.36. The van der Waals surface area contributed by atoms with Crippen LogP contribution in [0.15, 0.2) is 60.1 Å². The van der Waals surface area contributed by atoms with Gasteiger partial charge in [0.2, 0.25) is 0 Å². The maximum atomic E-state index is 9.36. The molecule has 0 aliphatic rings. The second kappa shape index (κ2) is 5.93. The largest absolute Gasteiger partial charge is 0.544 e. The van der Waals surface area contributed by atoms with Gasteiger partial charge in [0.15, 0.2) is 0 Å². The number of carbonyl (C=O) groups excluding carboxylic acids is 1. The number of benzene rings is 2. The molecule has 0 bridgehead atoms. The Morgan fingerprint density at radius 1 is 1.00 bits per heavy atom. The SMILES string of the molecule is C=C(Cl)C(=O)[O-].c1ccc2ccccc2c1. The second-order valence-corrected chi connectivity index (χ2v) is 3.50. The van der Waals surface area contributed by atoms with Gasteiger partial charge in [0.05, 0.1) is 11.0 Å². The van der Waals surface area contributed by atoms with Crippen molar-refractivity contribution >= 4 is 28.3 Å². The lowest BCUT2D eigenvalue weighted by atomic mass is 10.1. The molecule has 3 heteroatoms. The summed E-state index contributed by atoms with van der Waals surface area (Å²) < 4.78 is 0. The van der Waals surface area contributed by atoms with Crippen LogP contribution in [0, 0.1) is 0 Å². The first-order chi connectivity index (χ1) is 7.61. The fourth-order valence-corrected chi connectivity index (χ4v) is 1.13. The highest BCUT2D eigenvalue weighted by Gasteiger charge is 1.85. The standard InChI is InChI=1S/C10H8.C3H3ClO2/c1-2-6-10-8-4-3-7-9(10)5-1;1-2(4)3(5)6/h1-8H;1H2,(H,5,6)/p-1. The monoisotopic (exact) mass is 233 g/mol. The first-order valence-electron chi connectivity index (χ1n) is 4.61. The van der Waals surface area contributed by atoms with E-state index in [1.807, 2.05) is 0 Å². The summed E-state index contributed by atoms with van der Waals surface area (Å²) in [4.78, 5) is 9.36. The van der Waals surface area contributed by atoms with Crippen LogP contribution in [-0.2, 0) is 4.79 Å². The third-order valence-corrected chi connectivity index (χ3v) is 2.03. The van der Waals surface area contributed by atoms with Gasteiger partial charge in [0.25, 0.3) is 0 Å². The number of aliphatic carboxylic acids is 1. The minimum absolute atomic E-state index is 0.463. The minimum atomic E-state index is -1.42. The van der Waals surface area contributed by atoms with Crippen molar-refractivity contribution < 1.29 is 9.90 Å². The smallest absolute Gasteiger partial charge is 0.0823 e. The van der Waals surface area contributed by atoms with Crippen molar-refractivity contribution in [3.63, 3.8) is 0 Å². The average molecular weight is 234 g/mol. The van der Waals surface area contributed by atoms with Crippen LogP contribution < -0.4 is 5.11 Å². The molecule has 0 spiro atoms. The Kier molecular flexibility index (Phi) is 4.55. The molecule has 2 rings (SSSR count). The Morgan fingerprint density at radius 2 is 1.25 bits per heavy atom. The van der Waals surface area contributed by atoms with Crippen molar-refractivity contribution in [3.05, 3.63) is 60.1 Å². The van der Waals surface area contributed by atoms with Gasteiger partial charge in [0, 0.05) is 0 Å².